The van der Waals surface area contributed by atoms with Crippen molar-refractivity contribution in [2.24, 2.45) is 0 Å². The number of hydrogen-bond donors (Lipinski definition) is 0. The van der Waals surface area contributed by atoms with E-state index in [1.807, 2.05) is 21.1 Å². The van der Waals surface area contributed by atoms with E-state index in [1.165, 1.54) is 302 Å². The molecule has 0 saturated carbocycles. The first-order chi connectivity index (χ1) is 44.6. The molecule has 0 rings (SSSR count). The molecule has 0 N–H and O–H groups in total. The SMILES string of the molecule is CC/C=C\C/C=C\C/C=C\C/C=C\CCCCCCCCCCCCCCC(=O)OC(COC(=O)CCCCCCCCCCCCCCCCCCCCCCCCCCCCCCCCCCCCCCCCCCC)COC(OCC[N+](C)(C)C)C(=O)[O-]. The molecule has 0 aliphatic carbocycles. The molecule has 0 saturated heterocycles. The second-order valence-corrected chi connectivity index (χ2v) is 28.3. The summed E-state index contributed by atoms with van der Waals surface area (Å²) in [7, 11) is 5.94. The van der Waals surface area contributed by atoms with Gasteiger partial charge >= 0.3 is 11.9 Å². The van der Waals surface area contributed by atoms with Gasteiger partial charge in [0.2, 0.25) is 0 Å². The average molecular weight is 1280 g/mol. The molecule has 2 atom stereocenters. The van der Waals surface area contributed by atoms with Gasteiger partial charge in [-0.15, -0.1) is 0 Å². The van der Waals surface area contributed by atoms with Crippen LogP contribution in [0.15, 0.2) is 48.6 Å². The molecule has 0 aliphatic rings. The fourth-order valence-corrected chi connectivity index (χ4v) is 12.1. The van der Waals surface area contributed by atoms with Crippen LogP contribution < -0.4 is 5.11 Å². The summed E-state index contributed by atoms with van der Waals surface area (Å²) in [6, 6.07) is 0. The zero-order valence-corrected chi connectivity index (χ0v) is 61.2. The average Bonchev–Trinajstić information content (AvgIpc) is 3.46. The topological polar surface area (TPSA) is 111 Å². The number of carboxylic acid groups (broad SMARTS) is 1. The number of ether oxygens (including phenoxy) is 4. The Morgan fingerprint density at radius 1 is 0.341 bits per heavy atom. The third-order valence-electron chi connectivity index (χ3n) is 18.1. The minimum absolute atomic E-state index is 0.148. The van der Waals surface area contributed by atoms with Gasteiger partial charge in [0, 0.05) is 12.8 Å². The van der Waals surface area contributed by atoms with Crippen LogP contribution in [0, 0.1) is 0 Å². The minimum Gasteiger partial charge on any atom is -0.545 e. The summed E-state index contributed by atoms with van der Waals surface area (Å²) in [6.45, 7) is 4.70. The molecule has 0 spiro atoms. The highest BCUT2D eigenvalue weighted by molar-refractivity contribution is 5.70. The molecule has 2 unspecified atom stereocenters. The number of hydrogen-bond acceptors (Lipinski definition) is 8. The number of unbranched alkanes of at least 4 members (excludes halogenated alkanes) is 52. The molecule has 0 fully saturated rings. The van der Waals surface area contributed by atoms with Crippen LogP contribution in [-0.2, 0) is 33.3 Å². The van der Waals surface area contributed by atoms with Crippen molar-refractivity contribution in [1.29, 1.82) is 0 Å². The number of carbonyl (C=O) groups is 3. The van der Waals surface area contributed by atoms with Crippen LogP contribution in [0.4, 0.5) is 0 Å². The smallest absolute Gasteiger partial charge is 0.306 e. The lowest BCUT2D eigenvalue weighted by atomic mass is 10.0. The van der Waals surface area contributed by atoms with Crippen molar-refractivity contribution in [1.82, 2.24) is 0 Å². The number of likely N-dealkylation sites (N-methyl/N-ethyl adjacent to an activating group) is 1. The molecule has 0 radical (unpaired) electrons. The molecule has 9 heteroatoms. The molecule has 0 heterocycles. The predicted octanol–water partition coefficient (Wildman–Crippen LogP) is 23.9. The van der Waals surface area contributed by atoms with E-state index < -0.39 is 24.3 Å². The summed E-state index contributed by atoms with van der Waals surface area (Å²) in [4.78, 5) is 37.6. The van der Waals surface area contributed by atoms with Crippen molar-refractivity contribution in [3.63, 3.8) is 0 Å². The highest BCUT2D eigenvalue weighted by Crippen LogP contribution is 2.20. The Bertz CT molecular complexity index is 1630. The largest absolute Gasteiger partial charge is 0.545 e. The lowest BCUT2D eigenvalue weighted by molar-refractivity contribution is -0.870. The number of allylic oxidation sites excluding steroid dienone is 8. The van der Waals surface area contributed by atoms with E-state index in [1.54, 1.807) is 0 Å². The highest BCUT2D eigenvalue weighted by atomic mass is 16.7. The molecular weight excluding hydrogens is 1130 g/mol. The Labute approximate surface area is 565 Å². The van der Waals surface area contributed by atoms with Crippen LogP contribution in [0.25, 0.3) is 0 Å². The fraction of sp³-hybridized carbons (Fsp3) is 0.866. The normalized spacial score (nSPS) is 12.8. The second-order valence-electron chi connectivity index (χ2n) is 28.3. The van der Waals surface area contributed by atoms with E-state index in [0.717, 1.165) is 64.2 Å². The van der Waals surface area contributed by atoms with Gasteiger partial charge in [-0.1, -0.05) is 383 Å². The summed E-state index contributed by atoms with van der Waals surface area (Å²) < 4.78 is 22.9. The zero-order valence-electron chi connectivity index (χ0n) is 61.2. The summed E-state index contributed by atoms with van der Waals surface area (Å²) in [6.07, 6.45) is 92.5. The van der Waals surface area contributed by atoms with Gasteiger partial charge in [-0.25, -0.2) is 0 Å². The highest BCUT2D eigenvalue weighted by Gasteiger charge is 2.22. The van der Waals surface area contributed by atoms with Crippen molar-refractivity contribution in [3.8, 4) is 0 Å². The van der Waals surface area contributed by atoms with Crippen molar-refractivity contribution < 1.29 is 42.9 Å². The van der Waals surface area contributed by atoms with E-state index in [0.29, 0.717) is 23.9 Å². The van der Waals surface area contributed by atoms with Crippen LogP contribution >= 0.6 is 0 Å². The number of esters is 2. The lowest BCUT2D eigenvalue weighted by Gasteiger charge is -2.26. The Hall–Kier alpha value is -2.75. The quantitative estimate of drug-likeness (QED) is 0.0195. The van der Waals surface area contributed by atoms with E-state index in [2.05, 4.69) is 62.5 Å². The van der Waals surface area contributed by atoms with Gasteiger partial charge in [-0.2, -0.15) is 0 Å². The van der Waals surface area contributed by atoms with Gasteiger partial charge in [0.15, 0.2) is 12.4 Å². The number of rotatable bonds is 75. The van der Waals surface area contributed by atoms with Crippen molar-refractivity contribution in [2.45, 2.75) is 411 Å². The molecule has 534 valence electrons. The van der Waals surface area contributed by atoms with Crippen LogP contribution in [0.1, 0.15) is 399 Å². The van der Waals surface area contributed by atoms with Gasteiger partial charge in [0.25, 0.3) is 0 Å². The van der Waals surface area contributed by atoms with Gasteiger partial charge in [-0.05, 0) is 51.4 Å². The lowest BCUT2D eigenvalue weighted by Crippen LogP contribution is -2.44. The fourth-order valence-electron chi connectivity index (χ4n) is 12.1. The molecule has 0 aromatic rings. The Morgan fingerprint density at radius 3 is 0.934 bits per heavy atom. The standard InChI is InChI=1S/C82H153NO8/c1-6-8-10-12-14-16-18-20-22-24-26-28-30-32-33-34-35-36-37-38-39-40-41-42-43-44-45-46-47-49-50-52-54-56-58-60-62-64-66-68-70-72-79(84)89-76-78(77-90-82(81(86)87)88-75-74-83(3,4)5)91-80(85)73-71-69-67-65-63-61-59-57-55-53-51-48-31-29-27-25-23-21-19-17-15-13-11-9-7-2/h9,11,15,17,21,23,27,29,78,82H,6-8,10,12-14,16,18-20,22,24-26,28,30-77H2,1-5H3/b11-9-,17-15-,23-21-,29-27-. The Balaban J connectivity index is 3.92. The molecule has 91 heavy (non-hydrogen) atoms. The van der Waals surface area contributed by atoms with E-state index in [-0.39, 0.29) is 32.2 Å². The van der Waals surface area contributed by atoms with E-state index >= 15 is 0 Å². The van der Waals surface area contributed by atoms with Crippen molar-refractivity contribution in [3.05, 3.63) is 48.6 Å². The van der Waals surface area contributed by atoms with E-state index in [9.17, 15) is 19.5 Å². The van der Waals surface area contributed by atoms with Crippen molar-refractivity contribution >= 4 is 17.9 Å². The Kier molecular flexibility index (Phi) is 70.9. The first-order valence-electron chi connectivity index (χ1n) is 39.8. The zero-order chi connectivity index (χ0) is 66.1. The minimum atomic E-state index is -1.62. The number of aliphatic carboxylic acids is 1. The molecule has 0 amide bonds. The molecule has 0 aromatic carbocycles. The monoisotopic (exact) mass is 1280 g/mol. The Morgan fingerprint density at radius 2 is 0.626 bits per heavy atom. The van der Waals surface area contributed by atoms with Crippen LogP contribution in [0.5, 0.6) is 0 Å². The number of quaternary nitrogens is 1. The summed E-state index contributed by atoms with van der Waals surface area (Å²) in [5.41, 5.74) is 0. The second kappa shape index (κ2) is 73.1. The molecule has 9 nitrogen and oxygen atoms in total. The summed E-state index contributed by atoms with van der Waals surface area (Å²) in [5.74, 6) is -2.26. The predicted molar refractivity (Wildman–Crippen MR) is 389 cm³/mol. The van der Waals surface area contributed by atoms with Crippen molar-refractivity contribution in [2.75, 3.05) is 47.5 Å². The summed E-state index contributed by atoms with van der Waals surface area (Å²) >= 11 is 0. The van der Waals surface area contributed by atoms with Gasteiger partial charge in [0.05, 0.1) is 40.3 Å². The third kappa shape index (κ3) is 74.5. The van der Waals surface area contributed by atoms with Crippen LogP contribution in [-0.4, -0.2) is 82.3 Å². The first kappa shape index (κ1) is 88.2. The van der Waals surface area contributed by atoms with Gasteiger partial charge in [-0.3, -0.25) is 9.59 Å². The molecule has 0 bridgehead atoms. The number of carbonyl (C=O) groups excluding carboxylic acids is 3. The maximum atomic E-state index is 12.9. The molecule has 0 aliphatic heterocycles. The molecule has 0 aromatic heterocycles. The van der Waals surface area contributed by atoms with Gasteiger partial charge < -0.3 is 33.3 Å². The molecular formula is C82H153NO8. The maximum absolute atomic E-state index is 12.9. The van der Waals surface area contributed by atoms with Gasteiger partial charge in [0.1, 0.15) is 13.2 Å². The number of nitrogens with zero attached hydrogens (tertiary/aromatic N) is 1. The number of carboxylic acids is 1. The van der Waals surface area contributed by atoms with E-state index in [4.69, 9.17) is 18.9 Å². The maximum Gasteiger partial charge on any atom is 0.306 e. The first-order valence-corrected chi connectivity index (χ1v) is 39.8. The van der Waals surface area contributed by atoms with Crippen LogP contribution in [0.3, 0.4) is 0 Å². The third-order valence-corrected chi connectivity index (χ3v) is 18.1. The van der Waals surface area contributed by atoms with Crippen LogP contribution in [0.2, 0.25) is 0 Å². The summed E-state index contributed by atoms with van der Waals surface area (Å²) in [5, 5.41) is 11.8.